The van der Waals surface area contributed by atoms with Crippen molar-refractivity contribution in [1.29, 1.82) is 0 Å². The molecule has 0 aliphatic heterocycles. The first-order valence-electron chi connectivity index (χ1n) is 5.39. The standard InChI is InChI=1S/C12H23N2P/c1-11(2,3)15(12(4,5)6)14-9-8-13(7)10-14/h8-9H,1-7H3. The summed E-state index contributed by atoms with van der Waals surface area (Å²) in [5.41, 5.74) is 0. The van der Waals surface area contributed by atoms with Gasteiger partial charge >= 0.3 is 0 Å². The van der Waals surface area contributed by atoms with Crippen LogP contribution < -0.4 is 4.57 Å². The van der Waals surface area contributed by atoms with E-state index in [0.29, 0.717) is 10.3 Å². The maximum Gasteiger partial charge on any atom is 0.206 e. The predicted octanol–water partition coefficient (Wildman–Crippen LogP) is 2.95. The fourth-order valence-electron chi connectivity index (χ4n) is 2.16. The van der Waals surface area contributed by atoms with Crippen molar-refractivity contribution in [2.45, 2.75) is 51.9 Å². The van der Waals surface area contributed by atoms with Crippen LogP contribution >= 0.6 is 8.07 Å². The molecule has 0 bridgehead atoms. The van der Waals surface area contributed by atoms with E-state index in [1.807, 2.05) is 11.6 Å². The smallest absolute Gasteiger partial charge is 0.206 e. The molecule has 0 spiro atoms. The number of hydrogen-bond donors (Lipinski definition) is 0. The summed E-state index contributed by atoms with van der Waals surface area (Å²) in [5.74, 6) is 0. The van der Waals surface area contributed by atoms with Crippen LogP contribution in [0.2, 0.25) is 0 Å². The van der Waals surface area contributed by atoms with Gasteiger partial charge < -0.3 is 8.90 Å². The molecule has 0 aliphatic carbocycles. The monoisotopic (exact) mass is 226 g/mol. The minimum Gasteiger partial charge on any atom is -0.354 e. The van der Waals surface area contributed by atoms with Gasteiger partial charge in [0, 0.05) is 10.3 Å². The molecule has 0 unspecified atom stereocenters. The molecule has 0 saturated heterocycles. The lowest BCUT2D eigenvalue weighted by Gasteiger charge is -2.39. The van der Waals surface area contributed by atoms with Gasteiger partial charge in [0.1, 0.15) is 0 Å². The molecule has 3 heteroatoms. The van der Waals surface area contributed by atoms with E-state index >= 15 is 0 Å². The minimum absolute atomic E-state index is 0.277. The number of hydrogen-bond acceptors (Lipinski definition) is 0. The first kappa shape index (κ1) is 12.7. The second-order valence-electron chi connectivity index (χ2n) is 6.01. The van der Waals surface area contributed by atoms with Gasteiger partial charge in [0.25, 0.3) is 0 Å². The van der Waals surface area contributed by atoms with Crippen LogP contribution in [-0.4, -0.2) is 14.6 Å². The van der Waals surface area contributed by atoms with Gasteiger partial charge in [-0.25, -0.2) is 0 Å². The Labute approximate surface area is 95.1 Å². The average molecular weight is 226 g/mol. The summed E-state index contributed by atoms with van der Waals surface area (Å²) in [6, 6.07) is 0. The number of imidazole rings is 1. The summed E-state index contributed by atoms with van der Waals surface area (Å²) in [6.45, 7) is 13.9. The maximum atomic E-state index is 3.35. The summed E-state index contributed by atoms with van der Waals surface area (Å²) in [5, 5.41) is 0.603. The highest BCUT2D eigenvalue weighted by molar-refractivity contribution is 7.59. The van der Waals surface area contributed by atoms with E-state index < -0.39 is 0 Å². The van der Waals surface area contributed by atoms with Crippen LogP contribution in [0.1, 0.15) is 41.5 Å². The van der Waals surface area contributed by atoms with Gasteiger partial charge in [-0.3, -0.25) is 0 Å². The molecular formula is C12H23N2P. The molecule has 0 aliphatic rings. The molecule has 0 aromatic carbocycles. The fraction of sp³-hybridized carbons (Fsp3) is 0.750. The largest absolute Gasteiger partial charge is 0.354 e. The zero-order valence-corrected chi connectivity index (χ0v) is 11.9. The fourth-order valence-corrected chi connectivity index (χ4v) is 5.88. The molecule has 15 heavy (non-hydrogen) atoms. The molecule has 86 valence electrons. The maximum absolute atomic E-state index is 3.35. The summed E-state index contributed by atoms with van der Waals surface area (Å²) in [7, 11) is 1.75. The van der Waals surface area contributed by atoms with E-state index in [9.17, 15) is 0 Å². The van der Waals surface area contributed by atoms with Crippen molar-refractivity contribution in [3.63, 3.8) is 0 Å². The zero-order valence-electron chi connectivity index (χ0n) is 11.0. The van der Waals surface area contributed by atoms with Gasteiger partial charge in [-0.2, -0.15) is 0 Å². The Bertz CT molecular complexity index is 314. The third-order valence-corrected chi connectivity index (χ3v) is 5.37. The van der Waals surface area contributed by atoms with E-state index in [2.05, 4.69) is 64.6 Å². The van der Waals surface area contributed by atoms with Crippen molar-refractivity contribution in [3.05, 3.63) is 18.7 Å². The van der Waals surface area contributed by atoms with Crippen molar-refractivity contribution < 1.29 is 4.57 Å². The van der Waals surface area contributed by atoms with Crippen molar-refractivity contribution >= 4 is 8.07 Å². The summed E-state index contributed by atoms with van der Waals surface area (Å²) >= 11 is 0. The molecule has 0 N–H and O–H groups in total. The Morgan fingerprint density at radius 2 is 1.53 bits per heavy atom. The third kappa shape index (κ3) is 3.04. The molecule has 0 saturated carbocycles. The van der Waals surface area contributed by atoms with E-state index in [1.54, 1.807) is 0 Å². The van der Waals surface area contributed by atoms with E-state index in [-0.39, 0.29) is 8.07 Å². The summed E-state index contributed by atoms with van der Waals surface area (Å²) in [6.07, 6.45) is 7.55. The molecule has 1 rings (SSSR count). The number of aromatic nitrogens is 2. The normalized spacial score (nSPS) is 13.6. The van der Waals surface area contributed by atoms with E-state index in [0.717, 1.165) is 0 Å². The first-order chi connectivity index (χ1) is 6.62. The molecule has 0 amide bonds. The SMILES string of the molecule is C[n+]1[c-]n(P(C(C)(C)C)C(C)(C)C)cc1. The van der Waals surface area contributed by atoms with Crippen LogP contribution in [0.5, 0.6) is 0 Å². The number of aryl methyl sites for hydroxylation is 1. The van der Waals surface area contributed by atoms with Crippen molar-refractivity contribution in [3.8, 4) is 0 Å². The van der Waals surface area contributed by atoms with Crippen LogP contribution in [0.15, 0.2) is 12.4 Å². The second kappa shape index (κ2) is 3.90. The predicted molar refractivity (Wildman–Crippen MR) is 66.3 cm³/mol. The molecule has 0 radical (unpaired) electrons. The molecule has 1 heterocycles. The Hall–Kier alpha value is -0.360. The highest BCUT2D eigenvalue weighted by Gasteiger charge is 2.38. The highest BCUT2D eigenvalue weighted by Crippen LogP contribution is 2.59. The molecule has 1 aromatic heterocycles. The van der Waals surface area contributed by atoms with Crippen LogP contribution in [0, 0.1) is 6.33 Å². The quantitative estimate of drug-likeness (QED) is 0.395. The molecule has 1 aromatic rings. The second-order valence-corrected chi connectivity index (χ2v) is 9.74. The average Bonchev–Trinajstić information content (AvgIpc) is 2.28. The lowest BCUT2D eigenvalue weighted by molar-refractivity contribution is -0.674. The van der Waals surface area contributed by atoms with E-state index in [4.69, 9.17) is 0 Å². The third-order valence-electron chi connectivity index (χ3n) is 2.18. The minimum atomic E-state index is -0.277. The van der Waals surface area contributed by atoms with Crippen LogP contribution in [-0.2, 0) is 7.05 Å². The Balaban J connectivity index is 3.14. The van der Waals surface area contributed by atoms with Gasteiger partial charge in [0.05, 0.1) is 15.1 Å². The topological polar surface area (TPSA) is 8.81 Å². The van der Waals surface area contributed by atoms with Gasteiger partial charge in [-0.1, -0.05) is 41.5 Å². The summed E-state index contributed by atoms with van der Waals surface area (Å²) in [4.78, 5) is 0. The first-order valence-corrected chi connectivity index (χ1v) is 6.69. The van der Waals surface area contributed by atoms with Crippen LogP contribution in [0.25, 0.3) is 0 Å². The Morgan fingerprint density at radius 1 is 1.07 bits per heavy atom. The van der Waals surface area contributed by atoms with Gasteiger partial charge in [-0.05, 0) is 12.4 Å². The van der Waals surface area contributed by atoms with Gasteiger partial charge in [-0.15, -0.1) is 0 Å². The molecule has 2 nitrogen and oxygen atoms in total. The molecule has 0 fully saturated rings. The number of nitrogens with zero attached hydrogens (tertiary/aromatic N) is 2. The molecule has 0 atom stereocenters. The van der Waals surface area contributed by atoms with Crippen LogP contribution in [0.3, 0.4) is 0 Å². The summed E-state index contributed by atoms with van der Waals surface area (Å²) < 4.78 is 4.27. The lowest BCUT2D eigenvalue weighted by atomic mass is 10.2. The lowest BCUT2D eigenvalue weighted by Crippen LogP contribution is -2.30. The Kier molecular flexibility index (Phi) is 3.30. The van der Waals surface area contributed by atoms with E-state index in [1.165, 1.54) is 0 Å². The van der Waals surface area contributed by atoms with Crippen molar-refractivity contribution in [2.24, 2.45) is 7.05 Å². The van der Waals surface area contributed by atoms with Crippen LogP contribution in [0.4, 0.5) is 0 Å². The van der Waals surface area contributed by atoms with Crippen molar-refractivity contribution in [1.82, 2.24) is 4.34 Å². The number of rotatable bonds is 1. The van der Waals surface area contributed by atoms with Crippen molar-refractivity contribution in [2.75, 3.05) is 0 Å². The highest BCUT2D eigenvalue weighted by atomic mass is 31.1. The molecular weight excluding hydrogens is 203 g/mol. The Morgan fingerprint density at radius 3 is 1.80 bits per heavy atom. The van der Waals surface area contributed by atoms with Gasteiger partial charge in [0.15, 0.2) is 0 Å². The van der Waals surface area contributed by atoms with Gasteiger partial charge in [0.2, 0.25) is 6.33 Å². The zero-order chi connectivity index (χ0) is 11.9.